The van der Waals surface area contributed by atoms with Crippen molar-refractivity contribution in [2.45, 2.75) is 42.4 Å². The maximum atomic E-state index is 13.0. The van der Waals surface area contributed by atoms with Gasteiger partial charge < -0.3 is 4.74 Å². The summed E-state index contributed by atoms with van der Waals surface area (Å²) in [7, 11) is -7.67. The monoisotopic (exact) mass is 466 g/mol. The molecule has 0 bridgehead atoms. The van der Waals surface area contributed by atoms with E-state index in [1.807, 2.05) is 0 Å². The zero-order valence-electron chi connectivity index (χ0n) is 17.3. The summed E-state index contributed by atoms with van der Waals surface area (Å²) in [5.41, 5.74) is 0.386. The molecule has 1 fully saturated rings. The lowest BCUT2D eigenvalue weighted by atomic mass is 10.2. The van der Waals surface area contributed by atoms with Crippen molar-refractivity contribution >= 4 is 31.7 Å². The number of esters is 1. The van der Waals surface area contributed by atoms with E-state index >= 15 is 0 Å². The first-order valence-electron chi connectivity index (χ1n) is 10.1. The Labute approximate surface area is 183 Å². The van der Waals surface area contributed by atoms with Crippen LogP contribution in [0.25, 0.3) is 0 Å². The number of nitrogens with one attached hydrogen (secondary N) is 1. The number of hydrogen-bond donors (Lipinski definition) is 1. The smallest absolute Gasteiger partial charge is 0.338 e. The Bertz CT molecular complexity index is 1120. The van der Waals surface area contributed by atoms with Gasteiger partial charge in [-0.3, -0.25) is 4.72 Å². The van der Waals surface area contributed by atoms with Gasteiger partial charge in [0.2, 0.25) is 10.0 Å². The van der Waals surface area contributed by atoms with E-state index in [4.69, 9.17) is 4.74 Å². The normalized spacial score (nSPS) is 15.8. The van der Waals surface area contributed by atoms with Crippen molar-refractivity contribution in [3.05, 3.63) is 54.1 Å². The SMILES string of the molecule is CCOC(=O)c1ccc(S(=O)(=O)Nc2cccc(S(=O)(=O)N3CCCCCC3)c2)cc1. The van der Waals surface area contributed by atoms with Crippen LogP contribution in [0.4, 0.5) is 5.69 Å². The number of ether oxygens (including phenoxy) is 1. The van der Waals surface area contributed by atoms with E-state index in [1.165, 1.54) is 52.8 Å². The summed E-state index contributed by atoms with van der Waals surface area (Å²) in [6, 6.07) is 11.1. The van der Waals surface area contributed by atoms with Crippen LogP contribution in [0.15, 0.2) is 58.3 Å². The summed E-state index contributed by atoms with van der Waals surface area (Å²) >= 11 is 0. The molecule has 0 amide bonds. The van der Waals surface area contributed by atoms with Gasteiger partial charge in [0.05, 0.1) is 27.6 Å². The van der Waals surface area contributed by atoms with Crippen LogP contribution in [-0.2, 0) is 24.8 Å². The number of benzene rings is 2. The maximum absolute atomic E-state index is 13.0. The zero-order chi connectivity index (χ0) is 22.5. The molecule has 3 rings (SSSR count). The predicted octanol–water partition coefficient (Wildman–Crippen LogP) is 3.23. The minimum absolute atomic E-state index is 0.0484. The Morgan fingerprint density at radius 3 is 2.19 bits per heavy atom. The molecule has 1 heterocycles. The van der Waals surface area contributed by atoms with Crippen LogP contribution in [0, 0.1) is 0 Å². The quantitative estimate of drug-likeness (QED) is 0.628. The van der Waals surface area contributed by atoms with Gasteiger partial charge in [0.1, 0.15) is 0 Å². The Kier molecular flexibility index (Phi) is 7.34. The van der Waals surface area contributed by atoms with Crippen LogP contribution in [0.5, 0.6) is 0 Å². The molecule has 0 aromatic heterocycles. The number of rotatable bonds is 7. The van der Waals surface area contributed by atoms with Crippen molar-refractivity contribution in [2.75, 3.05) is 24.4 Å². The number of carbonyl (C=O) groups is 1. The van der Waals surface area contributed by atoms with Gasteiger partial charge in [-0.1, -0.05) is 18.9 Å². The predicted molar refractivity (Wildman–Crippen MR) is 117 cm³/mol. The van der Waals surface area contributed by atoms with Crippen molar-refractivity contribution in [1.29, 1.82) is 0 Å². The topological polar surface area (TPSA) is 110 Å². The molecular formula is C21H26N2O6S2. The van der Waals surface area contributed by atoms with E-state index in [9.17, 15) is 21.6 Å². The average molecular weight is 467 g/mol. The summed E-state index contributed by atoms with van der Waals surface area (Å²) in [6.45, 7) is 2.83. The fourth-order valence-electron chi connectivity index (χ4n) is 3.35. The number of sulfonamides is 2. The van der Waals surface area contributed by atoms with E-state index in [2.05, 4.69) is 4.72 Å². The molecule has 10 heteroatoms. The van der Waals surface area contributed by atoms with Gasteiger partial charge in [-0.25, -0.2) is 21.6 Å². The molecule has 1 saturated heterocycles. The number of carbonyl (C=O) groups excluding carboxylic acids is 1. The summed E-state index contributed by atoms with van der Waals surface area (Å²) in [4.78, 5) is 11.7. The lowest BCUT2D eigenvalue weighted by Crippen LogP contribution is -2.32. The molecule has 0 unspecified atom stereocenters. The first-order chi connectivity index (χ1) is 14.7. The summed E-state index contributed by atoms with van der Waals surface area (Å²) < 4.78 is 60.2. The van der Waals surface area contributed by atoms with Crippen molar-refractivity contribution in [3.8, 4) is 0 Å². The van der Waals surface area contributed by atoms with Crippen molar-refractivity contribution < 1.29 is 26.4 Å². The second-order valence-electron chi connectivity index (χ2n) is 7.20. The molecule has 1 N–H and O–H groups in total. The van der Waals surface area contributed by atoms with E-state index in [0.717, 1.165) is 25.7 Å². The second-order valence-corrected chi connectivity index (χ2v) is 10.8. The van der Waals surface area contributed by atoms with E-state index < -0.39 is 26.0 Å². The third-order valence-corrected chi connectivity index (χ3v) is 8.26. The Balaban J connectivity index is 1.80. The van der Waals surface area contributed by atoms with Crippen LogP contribution in [0.3, 0.4) is 0 Å². The molecule has 2 aromatic carbocycles. The molecular weight excluding hydrogens is 440 g/mol. The van der Waals surface area contributed by atoms with Crippen molar-refractivity contribution in [1.82, 2.24) is 4.31 Å². The van der Waals surface area contributed by atoms with Gasteiger partial charge >= 0.3 is 5.97 Å². The largest absolute Gasteiger partial charge is 0.462 e. The third-order valence-electron chi connectivity index (χ3n) is 4.96. The molecule has 0 saturated carbocycles. The molecule has 0 aliphatic carbocycles. The van der Waals surface area contributed by atoms with Gasteiger partial charge in [0.25, 0.3) is 10.0 Å². The summed E-state index contributed by atoms with van der Waals surface area (Å²) in [5, 5.41) is 0. The standard InChI is InChI=1S/C21H26N2O6S2/c1-2-29-21(24)17-10-12-19(13-11-17)30(25,26)22-18-8-7-9-20(16-18)31(27,28)23-14-5-3-4-6-15-23/h7-13,16,22H,2-6,14-15H2,1H3. The number of anilines is 1. The summed E-state index contributed by atoms with van der Waals surface area (Å²) in [5.74, 6) is -0.536. The van der Waals surface area contributed by atoms with Crippen LogP contribution in [0.1, 0.15) is 43.0 Å². The van der Waals surface area contributed by atoms with Crippen LogP contribution >= 0.6 is 0 Å². The maximum Gasteiger partial charge on any atom is 0.338 e. The highest BCUT2D eigenvalue weighted by Crippen LogP contribution is 2.24. The molecule has 0 spiro atoms. The minimum atomic E-state index is -3.97. The zero-order valence-corrected chi connectivity index (χ0v) is 18.9. The van der Waals surface area contributed by atoms with Gasteiger partial charge in [-0.15, -0.1) is 0 Å². The number of hydrogen-bond acceptors (Lipinski definition) is 6. The Hall–Kier alpha value is -2.43. The fourth-order valence-corrected chi connectivity index (χ4v) is 5.96. The first-order valence-corrected chi connectivity index (χ1v) is 13.1. The van der Waals surface area contributed by atoms with Crippen LogP contribution in [-0.4, -0.2) is 46.8 Å². The van der Waals surface area contributed by atoms with Gasteiger partial charge in [0.15, 0.2) is 0 Å². The lowest BCUT2D eigenvalue weighted by Gasteiger charge is -2.20. The van der Waals surface area contributed by atoms with Crippen LogP contribution < -0.4 is 4.72 Å². The first kappa shape index (κ1) is 23.2. The van der Waals surface area contributed by atoms with Crippen LogP contribution in [0.2, 0.25) is 0 Å². The molecule has 0 radical (unpaired) electrons. The molecule has 0 atom stereocenters. The third kappa shape index (κ3) is 5.63. The molecule has 2 aromatic rings. The minimum Gasteiger partial charge on any atom is -0.462 e. The Morgan fingerprint density at radius 2 is 1.58 bits per heavy atom. The fraction of sp³-hybridized carbons (Fsp3) is 0.381. The number of nitrogens with zero attached hydrogens (tertiary/aromatic N) is 1. The highest BCUT2D eigenvalue weighted by molar-refractivity contribution is 7.92. The summed E-state index contributed by atoms with van der Waals surface area (Å²) in [6.07, 6.45) is 3.63. The van der Waals surface area contributed by atoms with E-state index in [0.29, 0.717) is 13.1 Å². The van der Waals surface area contributed by atoms with E-state index in [-0.39, 0.29) is 27.6 Å². The molecule has 1 aliphatic heterocycles. The second kappa shape index (κ2) is 9.80. The van der Waals surface area contributed by atoms with Gasteiger partial charge in [0, 0.05) is 13.1 Å². The molecule has 31 heavy (non-hydrogen) atoms. The Morgan fingerprint density at radius 1 is 0.935 bits per heavy atom. The average Bonchev–Trinajstić information content (AvgIpc) is 3.04. The van der Waals surface area contributed by atoms with E-state index in [1.54, 1.807) is 6.92 Å². The molecule has 8 nitrogen and oxygen atoms in total. The van der Waals surface area contributed by atoms with Crippen molar-refractivity contribution in [3.63, 3.8) is 0 Å². The molecule has 1 aliphatic rings. The van der Waals surface area contributed by atoms with Crippen molar-refractivity contribution in [2.24, 2.45) is 0 Å². The van der Waals surface area contributed by atoms with Gasteiger partial charge in [-0.2, -0.15) is 4.31 Å². The molecule has 168 valence electrons. The highest BCUT2D eigenvalue weighted by atomic mass is 32.2. The highest BCUT2D eigenvalue weighted by Gasteiger charge is 2.26. The lowest BCUT2D eigenvalue weighted by molar-refractivity contribution is 0.0526. The van der Waals surface area contributed by atoms with Gasteiger partial charge in [-0.05, 0) is 62.2 Å².